The number of rotatable bonds is 6. The van der Waals surface area contributed by atoms with E-state index in [1.807, 2.05) is 43.3 Å². The van der Waals surface area contributed by atoms with Crippen molar-refractivity contribution in [1.29, 1.82) is 0 Å². The lowest BCUT2D eigenvalue weighted by Crippen LogP contribution is -2.17. The monoisotopic (exact) mass is 299 g/mol. The highest BCUT2D eigenvalue weighted by molar-refractivity contribution is 6.42. The first-order chi connectivity index (χ1) is 10.6. The topological polar surface area (TPSA) is 68.1 Å². The van der Waals surface area contributed by atoms with Gasteiger partial charge in [-0.2, -0.15) is 0 Å². The zero-order chi connectivity index (χ0) is 15.9. The Morgan fingerprint density at radius 2 is 1.82 bits per heavy atom. The van der Waals surface area contributed by atoms with Crippen LogP contribution in [0.2, 0.25) is 0 Å². The molecule has 0 aliphatic rings. The van der Waals surface area contributed by atoms with Gasteiger partial charge in [0.1, 0.15) is 19.5 Å². The van der Waals surface area contributed by atoms with Gasteiger partial charge in [-0.1, -0.05) is 47.6 Å². The molecule has 5 nitrogen and oxygen atoms in total. The fourth-order valence-electron chi connectivity index (χ4n) is 2.05. The van der Waals surface area contributed by atoms with Crippen molar-refractivity contribution in [2.24, 2.45) is 5.16 Å². The fourth-order valence-corrected chi connectivity index (χ4v) is 2.05. The number of hydrogen-bond acceptors (Lipinski definition) is 4. The first-order valence-corrected chi connectivity index (χ1v) is 6.74. The molecule has 2 aromatic carbocycles. The summed E-state index contributed by atoms with van der Waals surface area (Å²) < 4.78 is 5.78. The summed E-state index contributed by atoms with van der Waals surface area (Å²) in [6.45, 7) is 2.20. The lowest BCUT2D eigenvalue weighted by molar-refractivity contribution is -0.129. The highest BCUT2D eigenvalue weighted by Crippen LogP contribution is 2.19. The maximum absolute atomic E-state index is 11.3. The lowest BCUT2D eigenvalue weighted by Gasteiger charge is -2.12. The molecule has 0 radical (unpaired) electrons. The number of aliphatic carboxylic acids is 1. The number of ether oxygens (including phenoxy) is 1. The van der Waals surface area contributed by atoms with E-state index in [9.17, 15) is 9.90 Å². The number of carboxylic acids is 1. The third-order valence-electron chi connectivity index (χ3n) is 3.13. The van der Waals surface area contributed by atoms with E-state index in [2.05, 4.69) is 9.99 Å². The maximum atomic E-state index is 11.3. The number of benzene rings is 2. The van der Waals surface area contributed by atoms with Crippen molar-refractivity contribution in [1.82, 2.24) is 0 Å². The Morgan fingerprint density at radius 1 is 1.14 bits per heavy atom. The van der Waals surface area contributed by atoms with Crippen molar-refractivity contribution in [3.05, 3.63) is 65.2 Å². The third kappa shape index (κ3) is 3.63. The molecular formula is C17H17NO4. The predicted molar refractivity (Wildman–Crippen MR) is 83.1 cm³/mol. The van der Waals surface area contributed by atoms with E-state index in [1.54, 1.807) is 12.1 Å². The summed E-state index contributed by atoms with van der Waals surface area (Å²) in [6, 6.07) is 14.7. The molecular weight excluding hydrogens is 282 g/mol. The zero-order valence-electron chi connectivity index (χ0n) is 12.4. The smallest absolute Gasteiger partial charge is 0.358 e. The molecule has 0 aliphatic carbocycles. The van der Waals surface area contributed by atoms with Crippen molar-refractivity contribution < 1.29 is 19.5 Å². The summed E-state index contributed by atoms with van der Waals surface area (Å²) in [5, 5.41) is 12.8. The minimum absolute atomic E-state index is 0.147. The van der Waals surface area contributed by atoms with Crippen LogP contribution in [0.1, 0.15) is 16.7 Å². The summed E-state index contributed by atoms with van der Waals surface area (Å²) in [4.78, 5) is 15.9. The van der Waals surface area contributed by atoms with Gasteiger partial charge in [0, 0.05) is 5.56 Å². The number of para-hydroxylation sites is 1. The number of oxime groups is 1. The molecule has 0 heterocycles. The lowest BCUT2D eigenvalue weighted by atomic mass is 10.0. The second-order valence-electron chi connectivity index (χ2n) is 4.64. The molecule has 22 heavy (non-hydrogen) atoms. The first kappa shape index (κ1) is 15.6. The number of hydrogen-bond donors (Lipinski definition) is 1. The normalized spacial score (nSPS) is 11.1. The van der Waals surface area contributed by atoms with Crippen molar-refractivity contribution in [2.45, 2.75) is 13.5 Å². The minimum Gasteiger partial charge on any atom is -0.489 e. The molecule has 0 atom stereocenters. The molecule has 0 bridgehead atoms. The zero-order valence-corrected chi connectivity index (χ0v) is 12.4. The van der Waals surface area contributed by atoms with Crippen molar-refractivity contribution in [3.63, 3.8) is 0 Å². The Labute approximate surface area is 128 Å². The van der Waals surface area contributed by atoms with Gasteiger partial charge in [0.25, 0.3) is 0 Å². The van der Waals surface area contributed by atoms with Gasteiger partial charge in [-0.25, -0.2) is 4.79 Å². The molecule has 0 saturated carbocycles. The minimum atomic E-state index is -1.15. The highest BCUT2D eigenvalue weighted by Gasteiger charge is 2.17. The Kier molecular flexibility index (Phi) is 5.14. The number of carboxylic acid groups (broad SMARTS) is 1. The molecule has 2 rings (SSSR count). The van der Waals surface area contributed by atoms with Gasteiger partial charge in [-0.3, -0.25) is 0 Å². The van der Waals surface area contributed by atoms with Crippen LogP contribution in [-0.2, 0) is 16.2 Å². The van der Waals surface area contributed by atoms with Crippen LogP contribution < -0.4 is 4.74 Å². The Morgan fingerprint density at radius 3 is 2.50 bits per heavy atom. The van der Waals surface area contributed by atoms with Gasteiger partial charge in [0.05, 0.1) is 0 Å². The molecule has 114 valence electrons. The van der Waals surface area contributed by atoms with Gasteiger partial charge >= 0.3 is 5.97 Å². The van der Waals surface area contributed by atoms with Gasteiger partial charge in [0.15, 0.2) is 5.71 Å². The predicted octanol–water partition coefficient (Wildman–Crippen LogP) is 3.01. The second-order valence-corrected chi connectivity index (χ2v) is 4.64. The number of nitrogens with zero attached hydrogens (tertiary/aromatic N) is 1. The van der Waals surface area contributed by atoms with Crippen LogP contribution in [-0.4, -0.2) is 23.9 Å². The molecule has 5 heteroatoms. The van der Waals surface area contributed by atoms with E-state index in [1.165, 1.54) is 7.11 Å². The van der Waals surface area contributed by atoms with Gasteiger partial charge in [-0.05, 0) is 24.1 Å². The molecule has 2 aromatic rings. The van der Waals surface area contributed by atoms with Crippen molar-refractivity contribution in [3.8, 4) is 5.75 Å². The summed E-state index contributed by atoms with van der Waals surface area (Å²) in [5.41, 5.74) is 2.07. The van der Waals surface area contributed by atoms with Crippen LogP contribution in [0.15, 0.2) is 53.7 Å². The quantitative estimate of drug-likeness (QED) is 0.657. The summed E-state index contributed by atoms with van der Waals surface area (Å²) >= 11 is 0. The fraction of sp³-hybridized carbons (Fsp3) is 0.176. The van der Waals surface area contributed by atoms with E-state index < -0.39 is 5.97 Å². The van der Waals surface area contributed by atoms with Gasteiger partial charge in [-0.15, -0.1) is 0 Å². The van der Waals surface area contributed by atoms with E-state index in [0.29, 0.717) is 5.56 Å². The molecule has 1 N–H and O–H groups in total. The number of aryl methyl sites for hydroxylation is 1. The highest BCUT2D eigenvalue weighted by atomic mass is 16.6. The van der Waals surface area contributed by atoms with E-state index in [0.717, 1.165) is 16.9 Å². The molecule has 0 aliphatic heterocycles. The van der Waals surface area contributed by atoms with E-state index >= 15 is 0 Å². The molecule has 0 amide bonds. The van der Waals surface area contributed by atoms with Gasteiger partial charge in [0.2, 0.25) is 0 Å². The largest absolute Gasteiger partial charge is 0.489 e. The Hall–Kier alpha value is -2.82. The molecule has 0 fully saturated rings. The van der Waals surface area contributed by atoms with Crippen LogP contribution in [0.5, 0.6) is 5.75 Å². The standard InChI is InChI=1S/C17H17NO4/c1-12-7-3-6-10-15(12)22-11-13-8-4-5-9-14(13)16(17(19)20)18-21-2/h3-10H,11H2,1-2H3,(H,19,20)/b18-16+. The first-order valence-electron chi connectivity index (χ1n) is 6.74. The third-order valence-corrected chi connectivity index (χ3v) is 3.13. The Bertz CT molecular complexity index is 695. The SMILES string of the molecule is CO/N=C(/C(=O)O)c1ccccc1COc1ccccc1C. The molecule has 0 spiro atoms. The van der Waals surface area contributed by atoms with Gasteiger partial charge < -0.3 is 14.7 Å². The molecule has 0 aromatic heterocycles. The number of carbonyl (C=O) groups is 1. The maximum Gasteiger partial charge on any atom is 0.358 e. The Balaban J connectivity index is 2.27. The van der Waals surface area contributed by atoms with Crippen LogP contribution in [0.25, 0.3) is 0 Å². The van der Waals surface area contributed by atoms with Crippen LogP contribution >= 0.6 is 0 Å². The molecule has 0 unspecified atom stereocenters. The van der Waals surface area contributed by atoms with Crippen LogP contribution in [0, 0.1) is 6.92 Å². The average Bonchev–Trinajstić information content (AvgIpc) is 2.52. The van der Waals surface area contributed by atoms with E-state index in [-0.39, 0.29) is 12.3 Å². The van der Waals surface area contributed by atoms with Crippen LogP contribution in [0.4, 0.5) is 0 Å². The van der Waals surface area contributed by atoms with Crippen molar-refractivity contribution in [2.75, 3.05) is 7.11 Å². The van der Waals surface area contributed by atoms with Crippen molar-refractivity contribution >= 4 is 11.7 Å². The summed E-state index contributed by atoms with van der Waals surface area (Å²) in [6.07, 6.45) is 0. The van der Waals surface area contributed by atoms with E-state index in [4.69, 9.17) is 4.74 Å². The average molecular weight is 299 g/mol. The second kappa shape index (κ2) is 7.26. The van der Waals surface area contributed by atoms with Crippen LogP contribution in [0.3, 0.4) is 0 Å². The summed E-state index contributed by atoms with van der Waals surface area (Å²) in [5.74, 6) is -0.386. The molecule has 0 saturated heterocycles. The summed E-state index contributed by atoms with van der Waals surface area (Å²) in [7, 11) is 1.31.